The Morgan fingerprint density at radius 2 is 2.11 bits per heavy atom. The molecule has 3 rings (SSSR count). The van der Waals surface area contributed by atoms with Crippen LogP contribution < -0.4 is 0 Å². The van der Waals surface area contributed by atoms with Crippen LogP contribution in [0.5, 0.6) is 0 Å². The van der Waals surface area contributed by atoms with Gasteiger partial charge in [-0.05, 0) is 31.2 Å². The third-order valence-corrected chi connectivity index (χ3v) is 4.48. The number of benzene rings is 1. The van der Waals surface area contributed by atoms with Crippen molar-refractivity contribution in [1.82, 2.24) is 4.90 Å². The zero-order valence-electron chi connectivity index (χ0n) is 11.4. The van der Waals surface area contributed by atoms with Gasteiger partial charge in [-0.2, -0.15) is 0 Å². The summed E-state index contributed by atoms with van der Waals surface area (Å²) < 4.78 is 5.24. The largest absolute Gasteiger partial charge is 0.466 e. The molecule has 1 aromatic carbocycles. The first-order valence-corrected chi connectivity index (χ1v) is 7.24. The Labute approximate surface area is 114 Å². The molecule has 3 heteroatoms. The minimum Gasteiger partial charge on any atom is -0.466 e. The molecular weight excluding hydrogens is 238 g/mol. The van der Waals surface area contributed by atoms with Crippen LogP contribution in [-0.4, -0.2) is 30.1 Å². The second-order valence-electron chi connectivity index (χ2n) is 5.60. The van der Waals surface area contributed by atoms with Gasteiger partial charge in [0.1, 0.15) is 0 Å². The lowest BCUT2D eigenvalue weighted by molar-refractivity contribution is -0.149. The fraction of sp³-hybridized carbons (Fsp3) is 0.562. The first-order chi connectivity index (χ1) is 9.29. The van der Waals surface area contributed by atoms with E-state index in [4.69, 9.17) is 4.74 Å². The highest BCUT2D eigenvalue weighted by Crippen LogP contribution is 2.43. The van der Waals surface area contributed by atoms with E-state index in [0.29, 0.717) is 18.6 Å². The number of hydrogen-bond donors (Lipinski definition) is 0. The van der Waals surface area contributed by atoms with Gasteiger partial charge in [0.05, 0.1) is 12.5 Å². The van der Waals surface area contributed by atoms with Crippen molar-refractivity contribution < 1.29 is 9.53 Å². The zero-order chi connectivity index (χ0) is 13.2. The van der Waals surface area contributed by atoms with E-state index in [2.05, 4.69) is 29.2 Å². The number of rotatable bonds is 4. The van der Waals surface area contributed by atoms with Gasteiger partial charge >= 0.3 is 5.97 Å². The maximum Gasteiger partial charge on any atom is 0.310 e. The van der Waals surface area contributed by atoms with Gasteiger partial charge in [-0.15, -0.1) is 0 Å². The number of carbonyl (C=O) groups excluding carboxylic acids is 1. The van der Waals surface area contributed by atoms with Crippen molar-refractivity contribution in [3.63, 3.8) is 0 Å². The highest BCUT2D eigenvalue weighted by Gasteiger charge is 2.50. The Morgan fingerprint density at radius 3 is 2.84 bits per heavy atom. The lowest BCUT2D eigenvalue weighted by atomic mass is 9.99. The van der Waals surface area contributed by atoms with E-state index >= 15 is 0 Å². The van der Waals surface area contributed by atoms with Crippen molar-refractivity contribution in [2.75, 3.05) is 13.2 Å². The molecule has 1 aliphatic carbocycles. The average molecular weight is 259 g/mol. The minimum absolute atomic E-state index is 0.0190. The number of ether oxygens (including phenoxy) is 1. The van der Waals surface area contributed by atoms with Gasteiger partial charge in [-0.25, -0.2) is 0 Å². The smallest absolute Gasteiger partial charge is 0.310 e. The third kappa shape index (κ3) is 2.39. The number of fused-ring (bicyclic) bond motifs is 2. The summed E-state index contributed by atoms with van der Waals surface area (Å²) in [5, 5.41) is 0. The quantitative estimate of drug-likeness (QED) is 0.778. The minimum atomic E-state index is 0.0190. The molecule has 102 valence electrons. The van der Waals surface area contributed by atoms with Crippen LogP contribution in [0.1, 0.15) is 25.3 Å². The second kappa shape index (κ2) is 5.33. The molecule has 1 aromatic rings. The Morgan fingerprint density at radius 1 is 1.32 bits per heavy atom. The standard InChI is InChI=1S/C16H21NO2/c1-2-19-16(18)15-13-8-9-14(15)17(11-13)10-12-6-4-3-5-7-12/h3-7,13-15H,2,8-11H2,1H3/t13-,14-,15?/m0/s1. The Balaban J connectivity index is 1.69. The summed E-state index contributed by atoms with van der Waals surface area (Å²) in [6, 6.07) is 10.9. The molecule has 0 radical (unpaired) electrons. The molecule has 1 aliphatic heterocycles. The predicted molar refractivity (Wildman–Crippen MR) is 73.5 cm³/mol. The molecule has 2 bridgehead atoms. The summed E-state index contributed by atoms with van der Waals surface area (Å²) in [4.78, 5) is 14.5. The lowest BCUT2D eigenvalue weighted by Crippen LogP contribution is -2.34. The third-order valence-electron chi connectivity index (χ3n) is 4.48. The lowest BCUT2D eigenvalue weighted by Gasteiger charge is -2.27. The molecule has 2 aliphatic rings. The molecule has 0 amide bonds. The fourth-order valence-corrected chi connectivity index (χ4v) is 3.70. The van der Waals surface area contributed by atoms with Crippen molar-refractivity contribution in [3.05, 3.63) is 35.9 Å². The first kappa shape index (κ1) is 12.7. The fourth-order valence-electron chi connectivity index (χ4n) is 3.70. The van der Waals surface area contributed by atoms with Gasteiger partial charge in [0, 0.05) is 19.1 Å². The van der Waals surface area contributed by atoms with E-state index in [0.717, 1.165) is 19.5 Å². The SMILES string of the molecule is CCOC(=O)C1[C@H]2CC[C@@H]1N(Cc1ccccc1)C2. The zero-order valence-corrected chi connectivity index (χ0v) is 11.4. The summed E-state index contributed by atoms with van der Waals surface area (Å²) in [7, 11) is 0. The van der Waals surface area contributed by atoms with Crippen molar-refractivity contribution in [2.45, 2.75) is 32.4 Å². The van der Waals surface area contributed by atoms with E-state index in [-0.39, 0.29) is 11.9 Å². The maximum atomic E-state index is 12.1. The topological polar surface area (TPSA) is 29.5 Å². The molecule has 1 heterocycles. The number of esters is 1. The van der Waals surface area contributed by atoms with Crippen LogP contribution in [-0.2, 0) is 16.1 Å². The van der Waals surface area contributed by atoms with Crippen molar-refractivity contribution in [2.24, 2.45) is 11.8 Å². The number of piperidine rings is 1. The molecule has 19 heavy (non-hydrogen) atoms. The van der Waals surface area contributed by atoms with Crippen LogP contribution in [0.25, 0.3) is 0 Å². The molecule has 1 unspecified atom stereocenters. The van der Waals surface area contributed by atoms with Gasteiger partial charge < -0.3 is 4.74 Å². The highest BCUT2D eigenvalue weighted by atomic mass is 16.5. The predicted octanol–water partition coefficient (Wildman–Crippen LogP) is 2.46. The van der Waals surface area contributed by atoms with E-state index in [1.165, 1.54) is 12.0 Å². The summed E-state index contributed by atoms with van der Waals surface area (Å²) in [5.74, 6) is 0.641. The molecule has 3 atom stereocenters. The van der Waals surface area contributed by atoms with Crippen LogP contribution in [0, 0.1) is 11.8 Å². The van der Waals surface area contributed by atoms with Crippen LogP contribution in [0.3, 0.4) is 0 Å². The summed E-state index contributed by atoms with van der Waals surface area (Å²) in [6.45, 7) is 4.38. The number of nitrogens with zero attached hydrogens (tertiary/aromatic N) is 1. The Bertz CT molecular complexity index is 445. The Hall–Kier alpha value is -1.35. The average Bonchev–Trinajstić information content (AvgIpc) is 2.97. The van der Waals surface area contributed by atoms with Crippen LogP contribution in [0.2, 0.25) is 0 Å². The summed E-state index contributed by atoms with van der Waals surface area (Å²) in [5.41, 5.74) is 1.33. The number of hydrogen-bond acceptors (Lipinski definition) is 3. The normalized spacial score (nSPS) is 29.6. The second-order valence-corrected chi connectivity index (χ2v) is 5.60. The molecule has 2 fully saturated rings. The molecule has 1 saturated carbocycles. The van der Waals surface area contributed by atoms with Gasteiger partial charge in [0.15, 0.2) is 0 Å². The first-order valence-electron chi connectivity index (χ1n) is 7.24. The Kier molecular flexibility index (Phi) is 3.56. The van der Waals surface area contributed by atoms with E-state index in [1.54, 1.807) is 0 Å². The van der Waals surface area contributed by atoms with E-state index < -0.39 is 0 Å². The van der Waals surface area contributed by atoms with Crippen LogP contribution in [0.15, 0.2) is 30.3 Å². The molecule has 0 aromatic heterocycles. The molecular formula is C16H21NO2. The molecule has 0 N–H and O–H groups in total. The van der Waals surface area contributed by atoms with E-state index in [1.807, 2.05) is 13.0 Å². The number of carbonyl (C=O) groups is 1. The van der Waals surface area contributed by atoms with E-state index in [9.17, 15) is 4.79 Å². The van der Waals surface area contributed by atoms with Gasteiger partial charge in [-0.1, -0.05) is 30.3 Å². The maximum absolute atomic E-state index is 12.1. The molecule has 1 saturated heterocycles. The monoisotopic (exact) mass is 259 g/mol. The summed E-state index contributed by atoms with van der Waals surface area (Å²) >= 11 is 0. The van der Waals surface area contributed by atoms with Gasteiger partial charge in [0.25, 0.3) is 0 Å². The highest BCUT2D eigenvalue weighted by molar-refractivity contribution is 5.74. The molecule has 3 nitrogen and oxygen atoms in total. The number of likely N-dealkylation sites (tertiary alicyclic amines) is 1. The van der Waals surface area contributed by atoms with Gasteiger partial charge in [-0.3, -0.25) is 9.69 Å². The van der Waals surface area contributed by atoms with Crippen molar-refractivity contribution >= 4 is 5.97 Å². The molecule has 0 spiro atoms. The van der Waals surface area contributed by atoms with Crippen molar-refractivity contribution in [3.8, 4) is 0 Å². The van der Waals surface area contributed by atoms with Gasteiger partial charge in [0.2, 0.25) is 0 Å². The van der Waals surface area contributed by atoms with Crippen LogP contribution in [0.4, 0.5) is 0 Å². The van der Waals surface area contributed by atoms with Crippen molar-refractivity contribution in [1.29, 1.82) is 0 Å². The van der Waals surface area contributed by atoms with Crippen LogP contribution >= 0.6 is 0 Å². The summed E-state index contributed by atoms with van der Waals surface area (Å²) in [6.07, 6.45) is 2.32.